The zero-order chi connectivity index (χ0) is 23.0. The summed E-state index contributed by atoms with van der Waals surface area (Å²) < 4.78 is 45.4. The predicted octanol–water partition coefficient (Wildman–Crippen LogP) is 7.20. The SMILES string of the molecule is Cc1cc(C=C2OC(=O)C(c3cccc(Cl)c3)=C2O)ccc1-c1ccccc1C(F)(F)F. The zero-order valence-corrected chi connectivity index (χ0v) is 17.5. The van der Waals surface area contributed by atoms with E-state index < -0.39 is 17.7 Å². The highest BCUT2D eigenvalue weighted by Crippen LogP contribution is 2.39. The fraction of sp³-hybridized carbons (Fsp3) is 0.0800. The maximum atomic E-state index is 13.4. The van der Waals surface area contributed by atoms with E-state index in [0.717, 1.165) is 6.07 Å². The van der Waals surface area contributed by atoms with Gasteiger partial charge in [-0.1, -0.05) is 60.1 Å². The van der Waals surface area contributed by atoms with E-state index in [4.69, 9.17) is 16.3 Å². The van der Waals surface area contributed by atoms with E-state index >= 15 is 0 Å². The summed E-state index contributed by atoms with van der Waals surface area (Å²) in [5, 5.41) is 11.0. The molecule has 1 aliphatic rings. The number of aliphatic hydroxyl groups is 1. The number of hydrogen-bond donors (Lipinski definition) is 1. The van der Waals surface area contributed by atoms with Crippen LogP contribution in [0.3, 0.4) is 0 Å². The number of aryl methyl sites for hydroxylation is 1. The highest BCUT2D eigenvalue weighted by molar-refractivity contribution is 6.31. The van der Waals surface area contributed by atoms with Crippen LogP contribution in [0.25, 0.3) is 22.8 Å². The Balaban J connectivity index is 1.72. The monoisotopic (exact) mass is 456 g/mol. The van der Waals surface area contributed by atoms with Crippen molar-refractivity contribution < 1.29 is 27.8 Å². The molecular formula is C25H16ClF3O3. The standard InChI is InChI=1S/C25H16ClF3O3/c1-14-11-15(9-10-18(14)19-7-2-3-8-20(19)25(27,28)29)12-21-23(30)22(24(31)32-21)16-5-4-6-17(26)13-16/h2-13,30H,1H3. The van der Waals surface area contributed by atoms with Crippen molar-refractivity contribution >= 4 is 29.2 Å². The van der Waals surface area contributed by atoms with Gasteiger partial charge in [0, 0.05) is 5.02 Å². The largest absolute Gasteiger partial charge is 0.504 e. The molecule has 0 spiro atoms. The Labute approximate surface area is 187 Å². The Hall–Kier alpha value is -3.51. The zero-order valence-electron chi connectivity index (χ0n) is 16.7. The number of ether oxygens (including phenoxy) is 1. The summed E-state index contributed by atoms with van der Waals surface area (Å²) in [7, 11) is 0. The molecule has 3 aromatic rings. The van der Waals surface area contributed by atoms with Crippen LogP contribution in [-0.4, -0.2) is 11.1 Å². The number of hydrogen-bond acceptors (Lipinski definition) is 3. The lowest BCUT2D eigenvalue weighted by molar-refractivity contribution is -0.137. The molecule has 0 bridgehead atoms. The smallest absolute Gasteiger partial charge is 0.417 e. The minimum absolute atomic E-state index is 0.00815. The molecule has 0 saturated carbocycles. The Bertz CT molecular complexity index is 1290. The third-order valence-corrected chi connectivity index (χ3v) is 5.30. The van der Waals surface area contributed by atoms with Crippen LogP contribution in [-0.2, 0) is 15.7 Å². The van der Waals surface area contributed by atoms with Crippen molar-refractivity contribution in [3.63, 3.8) is 0 Å². The van der Waals surface area contributed by atoms with E-state index in [1.807, 2.05) is 0 Å². The van der Waals surface area contributed by atoms with E-state index in [2.05, 4.69) is 0 Å². The van der Waals surface area contributed by atoms with Crippen LogP contribution < -0.4 is 0 Å². The molecule has 1 aliphatic heterocycles. The molecule has 1 N–H and O–H groups in total. The Morgan fingerprint density at radius 1 is 0.969 bits per heavy atom. The van der Waals surface area contributed by atoms with Crippen molar-refractivity contribution in [1.29, 1.82) is 0 Å². The maximum Gasteiger partial charge on any atom is 0.417 e. The Morgan fingerprint density at radius 3 is 2.41 bits per heavy atom. The van der Waals surface area contributed by atoms with Crippen molar-refractivity contribution in [3.8, 4) is 11.1 Å². The molecule has 1 heterocycles. The van der Waals surface area contributed by atoms with Gasteiger partial charge in [-0.3, -0.25) is 0 Å². The first kappa shape index (κ1) is 21.7. The second kappa shape index (κ2) is 8.20. The molecule has 0 aromatic heterocycles. The molecule has 0 fully saturated rings. The molecule has 0 atom stereocenters. The van der Waals surface area contributed by atoms with Gasteiger partial charge in [-0.05, 0) is 59.0 Å². The average molecular weight is 457 g/mol. The molecule has 7 heteroatoms. The van der Waals surface area contributed by atoms with Crippen molar-refractivity contribution in [2.24, 2.45) is 0 Å². The van der Waals surface area contributed by atoms with E-state index in [1.54, 1.807) is 49.4 Å². The number of cyclic esters (lactones) is 1. The molecule has 3 nitrogen and oxygen atoms in total. The number of alkyl halides is 3. The number of esters is 1. The van der Waals surface area contributed by atoms with E-state index in [1.165, 1.54) is 24.3 Å². The highest BCUT2D eigenvalue weighted by atomic mass is 35.5. The summed E-state index contributed by atoms with van der Waals surface area (Å²) in [5.74, 6) is -1.10. The van der Waals surface area contributed by atoms with Crippen molar-refractivity contribution in [1.82, 2.24) is 0 Å². The van der Waals surface area contributed by atoms with Gasteiger partial charge in [0.15, 0.2) is 11.5 Å². The van der Waals surface area contributed by atoms with Crippen LogP contribution >= 0.6 is 11.6 Å². The third kappa shape index (κ3) is 4.14. The fourth-order valence-corrected chi connectivity index (χ4v) is 3.80. The van der Waals surface area contributed by atoms with Crippen LogP contribution in [0, 0.1) is 6.92 Å². The summed E-state index contributed by atoms with van der Waals surface area (Å²) in [4.78, 5) is 12.3. The molecule has 3 aromatic carbocycles. The number of rotatable bonds is 3. The molecule has 0 saturated heterocycles. The van der Waals surface area contributed by atoms with Gasteiger partial charge in [0.2, 0.25) is 0 Å². The Kier molecular flexibility index (Phi) is 5.57. The van der Waals surface area contributed by atoms with Crippen molar-refractivity contribution in [3.05, 3.63) is 106 Å². The van der Waals surface area contributed by atoms with Crippen LogP contribution in [0.5, 0.6) is 0 Å². The van der Waals surface area contributed by atoms with Crippen molar-refractivity contribution in [2.45, 2.75) is 13.1 Å². The molecule has 32 heavy (non-hydrogen) atoms. The van der Waals surface area contributed by atoms with Crippen LogP contribution in [0.2, 0.25) is 5.02 Å². The molecule has 162 valence electrons. The lowest BCUT2D eigenvalue weighted by Gasteiger charge is -2.15. The quantitative estimate of drug-likeness (QED) is 0.424. The van der Waals surface area contributed by atoms with Crippen molar-refractivity contribution in [2.75, 3.05) is 0 Å². The Morgan fingerprint density at radius 2 is 1.72 bits per heavy atom. The first-order valence-corrected chi connectivity index (χ1v) is 9.93. The molecule has 0 aliphatic carbocycles. The van der Waals surface area contributed by atoms with Gasteiger partial charge >= 0.3 is 12.1 Å². The van der Waals surface area contributed by atoms with Gasteiger partial charge in [-0.25, -0.2) is 4.79 Å². The topological polar surface area (TPSA) is 46.5 Å². The first-order valence-electron chi connectivity index (χ1n) is 9.56. The number of carbonyl (C=O) groups excluding carboxylic acids is 1. The van der Waals surface area contributed by atoms with Gasteiger partial charge in [-0.15, -0.1) is 0 Å². The normalized spacial score (nSPS) is 15.4. The van der Waals surface area contributed by atoms with E-state index in [-0.39, 0.29) is 22.7 Å². The number of halogens is 4. The van der Waals surface area contributed by atoms with E-state index in [0.29, 0.717) is 27.3 Å². The van der Waals surface area contributed by atoms with Gasteiger partial charge < -0.3 is 9.84 Å². The van der Waals surface area contributed by atoms with Gasteiger partial charge in [-0.2, -0.15) is 13.2 Å². The number of benzene rings is 3. The second-order valence-electron chi connectivity index (χ2n) is 7.25. The first-order chi connectivity index (χ1) is 15.1. The number of aliphatic hydroxyl groups excluding tert-OH is 1. The average Bonchev–Trinajstić information content (AvgIpc) is 3.00. The summed E-state index contributed by atoms with van der Waals surface area (Å²) >= 11 is 5.97. The fourth-order valence-electron chi connectivity index (χ4n) is 3.61. The third-order valence-electron chi connectivity index (χ3n) is 5.06. The minimum atomic E-state index is -4.48. The van der Waals surface area contributed by atoms with Gasteiger partial charge in [0.1, 0.15) is 5.57 Å². The summed E-state index contributed by atoms with van der Waals surface area (Å²) in [6.07, 6.45) is -3.02. The van der Waals surface area contributed by atoms with Crippen LogP contribution in [0.4, 0.5) is 13.2 Å². The van der Waals surface area contributed by atoms with Gasteiger partial charge in [0.05, 0.1) is 5.56 Å². The molecule has 0 amide bonds. The summed E-state index contributed by atoms with van der Waals surface area (Å²) in [5.41, 5.74) is 1.35. The lowest BCUT2D eigenvalue weighted by atomic mass is 9.94. The minimum Gasteiger partial charge on any atom is -0.504 e. The van der Waals surface area contributed by atoms with Gasteiger partial charge in [0.25, 0.3) is 0 Å². The summed E-state index contributed by atoms with van der Waals surface area (Å²) in [6.45, 7) is 1.69. The highest BCUT2D eigenvalue weighted by Gasteiger charge is 2.34. The molecular weight excluding hydrogens is 441 g/mol. The molecule has 0 unspecified atom stereocenters. The molecule has 4 rings (SSSR count). The van der Waals surface area contributed by atoms with E-state index in [9.17, 15) is 23.1 Å². The predicted molar refractivity (Wildman–Crippen MR) is 117 cm³/mol. The molecule has 0 radical (unpaired) electrons. The summed E-state index contributed by atoms with van der Waals surface area (Å²) in [6, 6.07) is 16.6. The van der Waals surface area contributed by atoms with Crippen LogP contribution in [0.1, 0.15) is 22.3 Å². The maximum absolute atomic E-state index is 13.4. The van der Waals surface area contributed by atoms with Crippen LogP contribution in [0.15, 0.2) is 78.2 Å². The number of carbonyl (C=O) groups is 1. The lowest BCUT2D eigenvalue weighted by Crippen LogP contribution is -2.07. The second-order valence-corrected chi connectivity index (χ2v) is 7.69.